The van der Waals surface area contributed by atoms with E-state index in [1.807, 2.05) is 0 Å². The Morgan fingerprint density at radius 2 is 2.00 bits per heavy atom. The fourth-order valence-corrected chi connectivity index (χ4v) is 3.10. The lowest BCUT2D eigenvalue weighted by molar-refractivity contribution is 0.229. The summed E-state index contributed by atoms with van der Waals surface area (Å²) in [6, 6.07) is 2.52. The van der Waals surface area contributed by atoms with Gasteiger partial charge in [0.1, 0.15) is 0 Å². The van der Waals surface area contributed by atoms with Crippen molar-refractivity contribution in [3.8, 4) is 11.5 Å². The van der Waals surface area contributed by atoms with Gasteiger partial charge in [-0.05, 0) is 53.0 Å². The van der Waals surface area contributed by atoms with E-state index in [0.29, 0.717) is 17.8 Å². The molecular weight excluding hydrogens is 288 g/mol. The first kappa shape index (κ1) is 16.0. The first-order valence-electron chi connectivity index (χ1n) is 7.24. The van der Waals surface area contributed by atoms with E-state index in [0.717, 1.165) is 30.5 Å². The highest BCUT2D eigenvalue weighted by Crippen LogP contribution is 2.38. The van der Waals surface area contributed by atoms with Crippen LogP contribution in [-0.4, -0.2) is 14.7 Å². The molecule has 2 aromatic heterocycles. The molecule has 21 heavy (non-hydrogen) atoms. The van der Waals surface area contributed by atoms with Gasteiger partial charge in [-0.2, -0.15) is 4.98 Å². The summed E-state index contributed by atoms with van der Waals surface area (Å²) in [6.45, 7) is 8.54. The Morgan fingerprint density at radius 1 is 1.33 bits per heavy atom. The predicted octanol–water partition coefficient (Wildman–Crippen LogP) is 3.50. The minimum Gasteiger partial charge on any atom is -0.346 e. The molecule has 6 heteroatoms. The van der Waals surface area contributed by atoms with Gasteiger partial charge in [0.2, 0.25) is 0 Å². The van der Waals surface area contributed by atoms with Gasteiger partial charge in [0.15, 0.2) is 5.82 Å². The van der Waals surface area contributed by atoms with Crippen LogP contribution in [0.1, 0.15) is 56.4 Å². The number of aryl methyl sites for hydroxylation is 1. The van der Waals surface area contributed by atoms with Crippen LogP contribution in [0.5, 0.6) is 0 Å². The zero-order valence-corrected chi connectivity index (χ0v) is 13.8. The third-order valence-corrected chi connectivity index (χ3v) is 4.35. The summed E-state index contributed by atoms with van der Waals surface area (Å²) >= 11 is 0. The zero-order valence-electron chi connectivity index (χ0n) is 13.0. The highest BCUT2D eigenvalue weighted by atomic mass is 35.5. The van der Waals surface area contributed by atoms with Gasteiger partial charge in [0, 0.05) is 17.4 Å². The van der Waals surface area contributed by atoms with Gasteiger partial charge in [-0.25, -0.2) is 0 Å². The minimum atomic E-state index is -0.370. The molecule has 0 amide bonds. The predicted molar refractivity (Wildman–Crippen MR) is 84.5 cm³/mol. The molecule has 2 aromatic rings. The van der Waals surface area contributed by atoms with E-state index in [1.165, 1.54) is 5.69 Å². The van der Waals surface area contributed by atoms with Crippen molar-refractivity contribution in [3.05, 3.63) is 23.3 Å². The number of nitrogens with zero attached hydrogens (tertiary/aromatic N) is 3. The van der Waals surface area contributed by atoms with Gasteiger partial charge in [0.05, 0.1) is 11.1 Å². The molecule has 0 saturated heterocycles. The van der Waals surface area contributed by atoms with E-state index >= 15 is 0 Å². The summed E-state index contributed by atoms with van der Waals surface area (Å²) in [6.07, 6.45) is 3.02. The molecule has 1 fully saturated rings. The molecule has 2 heterocycles. The summed E-state index contributed by atoms with van der Waals surface area (Å²) in [4.78, 5) is 4.53. The lowest BCUT2D eigenvalue weighted by atomic mass is 9.77. The van der Waals surface area contributed by atoms with Gasteiger partial charge >= 0.3 is 0 Å². The van der Waals surface area contributed by atoms with Crippen molar-refractivity contribution in [2.24, 2.45) is 5.73 Å². The molecule has 116 valence electrons. The Labute approximate surface area is 131 Å². The monoisotopic (exact) mass is 310 g/mol. The molecule has 0 unspecified atom stereocenters. The average molecular weight is 311 g/mol. The molecule has 0 aromatic carbocycles. The van der Waals surface area contributed by atoms with Crippen LogP contribution in [0, 0.1) is 13.8 Å². The highest BCUT2D eigenvalue weighted by Gasteiger charge is 2.39. The third-order valence-electron chi connectivity index (χ3n) is 4.35. The summed E-state index contributed by atoms with van der Waals surface area (Å²) in [7, 11) is 0. The molecule has 0 atom stereocenters. The lowest BCUT2D eigenvalue weighted by Gasteiger charge is -2.34. The van der Waals surface area contributed by atoms with E-state index in [2.05, 4.69) is 48.5 Å². The van der Waals surface area contributed by atoms with E-state index in [-0.39, 0.29) is 17.9 Å². The number of nitrogens with two attached hydrogens (primary N) is 1. The quantitative estimate of drug-likeness (QED) is 0.942. The number of hydrogen-bond acceptors (Lipinski definition) is 4. The fraction of sp³-hybridized carbons (Fsp3) is 0.600. The maximum absolute atomic E-state index is 6.25. The minimum absolute atomic E-state index is 0. The second-order valence-corrected chi connectivity index (χ2v) is 6.18. The second-order valence-electron chi connectivity index (χ2n) is 6.18. The third kappa shape index (κ3) is 2.49. The summed E-state index contributed by atoms with van der Waals surface area (Å²) in [5, 5.41) is 4.09. The van der Waals surface area contributed by atoms with Crippen LogP contribution in [-0.2, 0) is 5.54 Å². The van der Waals surface area contributed by atoms with E-state index in [1.54, 1.807) is 0 Å². The number of aromatic nitrogens is 3. The molecule has 0 aliphatic heterocycles. The molecule has 1 saturated carbocycles. The molecule has 0 spiro atoms. The van der Waals surface area contributed by atoms with Crippen molar-refractivity contribution < 1.29 is 4.52 Å². The van der Waals surface area contributed by atoms with Crippen LogP contribution in [0.25, 0.3) is 11.5 Å². The van der Waals surface area contributed by atoms with Crippen molar-refractivity contribution in [1.29, 1.82) is 0 Å². The zero-order chi connectivity index (χ0) is 14.5. The van der Waals surface area contributed by atoms with Crippen molar-refractivity contribution in [2.45, 2.75) is 58.5 Å². The van der Waals surface area contributed by atoms with Crippen LogP contribution in [0.4, 0.5) is 0 Å². The summed E-state index contributed by atoms with van der Waals surface area (Å²) in [5.74, 6) is 1.23. The Morgan fingerprint density at radius 3 is 2.48 bits per heavy atom. The second kappa shape index (κ2) is 5.46. The Kier molecular flexibility index (Phi) is 4.17. The smallest absolute Gasteiger partial charge is 0.259 e. The molecule has 1 aliphatic carbocycles. The fourth-order valence-electron chi connectivity index (χ4n) is 3.10. The topological polar surface area (TPSA) is 69.9 Å². The molecule has 0 bridgehead atoms. The molecule has 0 radical (unpaired) electrons. The standard InChI is InChI=1S/C15H22N4O.ClH/c1-9(2)19-10(3)8-12(11(19)4)13-17-14(18-20-13)15(16)6-5-7-15;/h8-9H,5-7,16H2,1-4H3;1H. The van der Waals surface area contributed by atoms with Gasteiger partial charge in [-0.15, -0.1) is 12.4 Å². The van der Waals surface area contributed by atoms with Crippen molar-refractivity contribution in [1.82, 2.24) is 14.7 Å². The Bertz CT molecular complexity index is 640. The molecular formula is C15H23ClN4O. The Hall–Kier alpha value is -1.33. The van der Waals surface area contributed by atoms with Crippen LogP contribution >= 0.6 is 12.4 Å². The SMILES string of the molecule is Cc1cc(-c2nc(C3(N)CCC3)no2)c(C)n1C(C)C.Cl. The lowest BCUT2D eigenvalue weighted by Crippen LogP contribution is -2.44. The maximum Gasteiger partial charge on any atom is 0.259 e. The van der Waals surface area contributed by atoms with Crippen LogP contribution in [0.3, 0.4) is 0 Å². The van der Waals surface area contributed by atoms with Crippen LogP contribution < -0.4 is 5.73 Å². The number of halogens is 1. The van der Waals surface area contributed by atoms with Gasteiger partial charge < -0.3 is 14.8 Å². The first-order valence-corrected chi connectivity index (χ1v) is 7.24. The largest absolute Gasteiger partial charge is 0.346 e. The first-order chi connectivity index (χ1) is 9.42. The summed E-state index contributed by atoms with van der Waals surface area (Å²) < 4.78 is 7.73. The number of rotatable bonds is 3. The van der Waals surface area contributed by atoms with Crippen molar-refractivity contribution in [2.75, 3.05) is 0 Å². The molecule has 5 nitrogen and oxygen atoms in total. The van der Waals surface area contributed by atoms with Crippen LogP contribution in [0.2, 0.25) is 0 Å². The van der Waals surface area contributed by atoms with Gasteiger partial charge in [0.25, 0.3) is 5.89 Å². The van der Waals surface area contributed by atoms with Crippen LogP contribution in [0.15, 0.2) is 10.6 Å². The average Bonchev–Trinajstić information content (AvgIpc) is 2.91. The molecule has 1 aliphatic rings. The van der Waals surface area contributed by atoms with Gasteiger partial charge in [-0.3, -0.25) is 0 Å². The van der Waals surface area contributed by atoms with E-state index < -0.39 is 0 Å². The van der Waals surface area contributed by atoms with E-state index in [9.17, 15) is 0 Å². The normalized spacial score (nSPS) is 16.7. The van der Waals surface area contributed by atoms with Crippen molar-refractivity contribution in [3.63, 3.8) is 0 Å². The maximum atomic E-state index is 6.25. The highest BCUT2D eigenvalue weighted by molar-refractivity contribution is 5.85. The number of hydrogen-bond donors (Lipinski definition) is 1. The van der Waals surface area contributed by atoms with Gasteiger partial charge in [-0.1, -0.05) is 5.16 Å². The Balaban J connectivity index is 0.00000161. The van der Waals surface area contributed by atoms with E-state index in [4.69, 9.17) is 10.3 Å². The molecule has 2 N–H and O–H groups in total. The molecule has 3 rings (SSSR count). The van der Waals surface area contributed by atoms with Crippen molar-refractivity contribution >= 4 is 12.4 Å². The summed E-state index contributed by atoms with van der Waals surface area (Å²) in [5.41, 5.74) is 9.26.